The number of carbonyl (C=O) groups excluding carboxylic acids is 1. The second kappa shape index (κ2) is 9.41. The van der Waals surface area contributed by atoms with E-state index < -0.39 is 9.84 Å². The van der Waals surface area contributed by atoms with Crippen LogP contribution in [0.1, 0.15) is 6.92 Å². The summed E-state index contributed by atoms with van der Waals surface area (Å²) in [5.74, 6) is 1.41. The molecule has 2 atom stereocenters. The Balaban J connectivity index is 1.52. The molecule has 0 unspecified atom stereocenters. The molecule has 8 nitrogen and oxygen atoms in total. The van der Waals surface area contributed by atoms with E-state index in [0.717, 1.165) is 11.4 Å². The SMILES string of the molecule is CCOc1ccc(NC(=O)CN(C2=N[C@@H]3CS(=O)(=O)C[C@@H]3S2)c2ccc(OC)cc2)cc1. The van der Waals surface area contributed by atoms with E-state index in [1.165, 1.54) is 11.8 Å². The number of nitrogens with one attached hydrogen (secondary N) is 1. The zero-order valence-corrected chi connectivity index (χ0v) is 19.5. The smallest absolute Gasteiger partial charge is 0.244 e. The van der Waals surface area contributed by atoms with Crippen molar-refractivity contribution in [1.82, 2.24) is 0 Å². The van der Waals surface area contributed by atoms with E-state index in [1.807, 2.05) is 36.1 Å². The van der Waals surface area contributed by atoms with E-state index in [-0.39, 0.29) is 35.2 Å². The van der Waals surface area contributed by atoms with E-state index in [9.17, 15) is 13.2 Å². The molecule has 1 N–H and O–H groups in total. The molecule has 1 saturated heterocycles. The lowest BCUT2D eigenvalue weighted by atomic mass is 10.2. The summed E-state index contributed by atoms with van der Waals surface area (Å²) >= 11 is 1.42. The Kier molecular flexibility index (Phi) is 6.61. The number of aliphatic imine (C=N–C) groups is 1. The monoisotopic (exact) mass is 475 g/mol. The van der Waals surface area contributed by atoms with Crippen LogP contribution in [0, 0.1) is 0 Å². The van der Waals surface area contributed by atoms with Crippen LogP contribution in [0.5, 0.6) is 11.5 Å². The number of benzene rings is 2. The highest BCUT2D eigenvalue weighted by Crippen LogP contribution is 2.37. The highest BCUT2D eigenvalue weighted by molar-refractivity contribution is 8.15. The Morgan fingerprint density at radius 1 is 1.12 bits per heavy atom. The van der Waals surface area contributed by atoms with Crippen molar-refractivity contribution in [2.24, 2.45) is 4.99 Å². The lowest BCUT2D eigenvalue weighted by molar-refractivity contribution is -0.114. The lowest BCUT2D eigenvalue weighted by Gasteiger charge is -2.24. The number of hydrogen-bond donors (Lipinski definition) is 1. The predicted octanol–water partition coefficient (Wildman–Crippen LogP) is 2.81. The molecular formula is C22H25N3O5S2. The van der Waals surface area contributed by atoms with Gasteiger partial charge in [-0.15, -0.1) is 0 Å². The van der Waals surface area contributed by atoms with Crippen LogP contribution in [-0.2, 0) is 14.6 Å². The van der Waals surface area contributed by atoms with Crippen LogP contribution in [0.25, 0.3) is 0 Å². The van der Waals surface area contributed by atoms with Gasteiger partial charge in [0, 0.05) is 16.6 Å². The van der Waals surface area contributed by atoms with Crippen LogP contribution >= 0.6 is 11.8 Å². The average Bonchev–Trinajstić information content (AvgIpc) is 3.27. The quantitative estimate of drug-likeness (QED) is 0.658. The fourth-order valence-electron chi connectivity index (χ4n) is 3.65. The molecule has 2 aromatic carbocycles. The number of methoxy groups -OCH3 is 1. The zero-order chi connectivity index (χ0) is 22.7. The van der Waals surface area contributed by atoms with Gasteiger partial charge in [0.1, 0.15) is 18.0 Å². The van der Waals surface area contributed by atoms with Crippen molar-refractivity contribution < 1.29 is 22.7 Å². The van der Waals surface area contributed by atoms with Crippen LogP contribution in [0.2, 0.25) is 0 Å². The van der Waals surface area contributed by atoms with Gasteiger partial charge in [0.25, 0.3) is 0 Å². The number of carbonyl (C=O) groups is 1. The number of hydrogen-bond acceptors (Lipinski definition) is 8. The summed E-state index contributed by atoms with van der Waals surface area (Å²) in [4.78, 5) is 19.3. The summed E-state index contributed by atoms with van der Waals surface area (Å²) in [5.41, 5.74) is 1.44. The number of nitrogens with zero attached hydrogens (tertiary/aromatic N) is 2. The second-order valence-corrected chi connectivity index (χ2v) is 10.9. The molecule has 2 heterocycles. The Hall–Kier alpha value is -2.72. The molecule has 4 rings (SSSR count). The molecule has 2 aliphatic heterocycles. The van der Waals surface area contributed by atoms with Gasteiger partial charge in [-0.1, -0.05) is 11.8 Å². The van der Waals surface area contributed by atoms with Gasteiger partial charge in [0.2, 0.25) is 5.91 Å². The van der Waals surface area contributed by atoms with Crippen molar-refractivity contribution in [1.29, 1.82) is 0 Å². The maximum Gasteiger partial charge on any atom is 0.244 e. The first kappa shape index (κ1) is 22.5. The van der Waals surface area contributed by atoms with Crippen LogP contribution in [0.3, 0.4) is 0 Å². The molecule has 0 saturated carbocycles. The minimum absolute atomic E-state index is 0.0392. The summed E-state index contributed by atoms with van der Waals surface area (Å²) < 4.78 is 34.5. The first-order valence-corrected chi connectivity index (χ1v) is 13.0. The molecule has 0 aliphatic carbocycles. The van der Waals surface area contributed by atoms with Gasteiger partial charge in [-0.3, -0.25) is 9.79 Å². The standard InChI is InChI=1S/C22H25N3O5S2/c1-3-30-18-8-4-15(5-9-18)23-21(26)12-25(16-6-10-17(29-2)11-7-16)22-24-19-13-32(27,28)14-20(19)31-22/h4-11,19-20H,3,12-14H2,1-2H3,(H,23,26)/t19-,20+/m1/s1. The molecule has 170 valence electrons. The largest absolute Gasteiger partial charge is 0.497 e. The van der Waals surface area contributed by atoms with Crippen molar-refractivity contribution >= 4 is 44.0 Å². The van der Waals surface area contributed by atoms with Crippen molar-refractivity contribution in [3.8, 4) is 11.5 Å². The van der Waals surface area contributed by atoms with Gasteiger partial charge < -0.3 is 19.7 Å². The van der Waals surface area contributed by atoms with Gasteiger partial charge in [0.15, 0.2) is 15.0 Å². The molecule has 0 spiro atoms. The van der Waals surface area contributed by atoms with Crippen LogP contribution in [-0.4, -0.2) is 62.6 Å². The third kappa shape index (κ3) is 5.18. The van der Waals surface area contributed by atoms with E-state index in [1.54, 1.807) is 31.4 Å². The molecule has 0 radical (unpaired) electrons. The topological polar surface area (TPSA) is 97.3 Å². The molecule has 2 aliphatic rings. The number of amides is 1. The highest BCUT2D eigenvalue weighted by atomic mass is 32.2. The zero-order valence-electron chi connectivity index (χ0n) is 17.9. The fraction of sp³-hybridized carbons (Fsp3) is 0.364. The van der Waals surface area contributed by atoms with Gasteiger partial charge in [-0.2, -0.15) is 0 Å². The second-order valence-electron chi connectivity index (χ2n) is 7.50. The van der Waals surface area contributed by atoms with Crippen molar-refractivity contribution in [2.45, 2.75) is 18.2 Å². The summed E-state index contributed by atoms with van der Waals surface area (Å²) in [7, 11) is -1.46. The minimum Gasteiger partial charge on any atom is -0.497 e. The number of fused-ring (bicyclic) bond motifs is 1. The Bertz CT molecular complexity index is 1100. The first-order valence-electron chi connectivity index (χ1n) is 10.3. The van der Waals surface area contributed by atoms with Crippen molar-refractivity contribution in [3.63, 3.8) is 0 Å². The van der Waals surface area contributed by atoms with Gasteiger partial charge >= 0.3 is 0 Å². The molecule has 1 amide bonds. The number of thioether (sulfide) groups is 1. The number of sulfone groups is 1. The molecule has 10 heteroatoms. The third-order valence-corrected chi connectivity index (χ3v) is 8.42. The molecule has 1 fully saturated rings. The van der Waals surface area contributed by atoms with E-state index >= 15 is 0 Å². The lowest BCUT2D eigenvalue weighted by Crippen LogP contribution is -2.36. The molecular weight excluding hydrogens is 450 g/mol. The van der Waals surface area contributed by atoms with Crippen molar-refractivity contribution in [2.75, 3.05) is 42.0 Å². The Morgan fingerprint density at radius 3 is 2.44 bits per heavy atom. The van der Waals surface area contributed by atoms with Crippen LogP contribution in [0.15, 0.2) is 53.5 Å². The third-order valence-electron chi connectivity index (χ3n) is 5.17. The molecule has 0 bridgehead atoms. The normalized spacial score (nSPS) is 20.9. The minimum atomic E-state index is -3.05. The van der Waals surface area contributed by atoms with Gasteiger partial charge in [0.05, 0.1) is 31.3 Å². The summed E-state index contributed by atoms with van der Waals surface area (Å²) in [6.45, 7) is 2.53. The number of ether oxygens (including phenoxy) is 2. The summed E-state index contributed by atoms with van der Waals surface area (Å²) in [5, 5.41) is 3.45. The Labute approximate surface area is 191 Å². The highest BCUT2D eigenvalue weighted by Gasteiger charge is 2.44. The van der Waals surface area contributed by atoms with Crippen LogP contribution in [0.4, 0.5) is 11.4 Å². The average molecular weight is 476 g/mol. The number of rotatable bonds is 7. The van der Waals surface area contributed by atoms with Gasteiger partial charge in [-0.25, -0.2) is 8.42 Å². The number of amidine groups is 1. The fourth-order valence-corrected chi connectivity index (χ4v) is 7.43. The molecule has 32 heavy (non-hydrogen) atoms. The Morgan fingerprint density at radius 2 is 1.81 bits per heavy atom. The molecule has 2 aromatic rings. The summed E-state index contributed by atoms with van der Waals surface area (Å²) in [6.07, 6.45) is 0. The van der Waals surface area contributed by atoms with E-state index in [4.69, 9.17) is 9.47 Å². The maximum atomic E-state index is 12.9. The maximum absolute atomic E-state index is 12.9. The molecule has 0 aromatic heterocycles. The van der Waals surface area contributed by atoms with Gasteiger partial charge in [-0.05, 0) is 55.5 Å². The first-order chi connectivity index (χ1) is 15.4. The van der Waals surface area contributed by atoms with E-state index in [0.29, 0.717) is 23.2 Å². The summed E-state index contributed by atoms with van der Waals surface area (Å²) in [6, 6.07) is 14.3. The number of anilines is 2. The van der Waals surface area contributed by atoms with Crippen molar-refractivity contribution in [3.05, 3.63) is 48.5 Å². The van der Waals surface area contributed by atoms with E-state index in [2.05, 4.69) is 10.3 Å². The predicted molar refractivity (Wildman–Crippen MR) is 128 cm³/mol. The van der Waals surface area contributed by atoms with Crippen LogP contribution < -0.4 is 19.7 Å².